The van der Waals surface area contributed by atoms with Gasteiger partial charge in [-0.05, 0) is 25.5 Å². The third-order valence-corrected chi connectivity index (χ3v) is 4.05. The van der Waals surface area contributed by atoms with Gasteiger partial charge in [0.15, 0.2) is 0 Å². The van der Waals surface area contributed by atoms with Gasteiger partial charge in [-0.25, -0.2) is 4.98 Å². The van der Waals surface area contributed by atoms with E-state index in [0.29, 0.717) is 6.54 Å². The minimum atomic E-state index is 0.650. The van der Waals surface area contributed by atoms with Gasteiger partial charge in [-0.2, -0.15) is 0 Å². The second-order valence-electron chi connectivity index (χ2n) is 4.45. The summed E-state index contributed by atoms with van der Waals surface area (Å²) in [4.78, 5) is 7.12. The molecule has 0 bridgehead atoms. The first-order valence-corrected chi connectivity index (χ1v) is 6.98. The molecule has 0 radical (unpaired) electrons. The molecule has 2 rings (SSSR count). The van der Waals surface area contributed by atoms with Gasteiger partial charge in [0.25, 0.3) is 0 Å². The lowest BCUT2D eigenvalue weighted by Gasteiger charge is -2.00. The zero-order valence-electron chi connectivity index (χ0n) is 10.9. The molecular formula is C13H20N4S. The van der Waals surface area contributed by atoms with Gasteiger partial charge in [0.1, 0.15) is 0 Å². The Labute approximate surface area is 112 Å². The van der Waals surface area contributed by atoms with Crippen molar-refractivity contribution in [3.8, 4) is 0 Å². The average molecular weight is 264 g/mol. The molecule has 0 spiro atoms. The van der Waals surface area contributed by atoms with Crippen LogP contribution in [0.2, 0.25) is 0 Å². The number of nitrogens with two attached hydrogens (primary N) is 1. The molecule has 2 heterocycles. The van der Waals surface area contributed by atoms with E-state index in [4.69, 9.17) is 5.73 Å². The van der Waals surface area contributed by atoms with E-state index < -0.39 is 0 Å². The predicted molar refractivity (Wildman–Crippen MR) is 75.6 cm³/mol. The van der Waals surface area contributed by atoms with Crippen molar-refractivity contribution in [2.45, 2.75) is 33.5 Å². The summed E-state index contributed by atoms with van der Waals surface area (Å²) in [7, 11) is 0. The van der Waals surface area contributed by atoms with Crippen LogP contribution < -0.4 is 11.1 Å². The molecule has 5 heteroatoms. The number of thiophene rings is 1. The lowest BCUT2D eigenvalue weighted by Crippen LogP contribution is -2.12. The van der Waals surface area contributed by atoms with Crippen molar-refractivity contribution in [3.63, 3.8) is 0 Å². The summed E-state index contributed by atoms with van der Waals surface area (Å²) < 4.78 is 2.02. The summed E-state index contributed by atoms with van der Waals surface area (Å²) in [6, 6.07) is 2.25. The number of rotatable bonds is 6. The molecular weight excluding hydrogens is 244 g/mol. The van der Waals surface area contributed by atoms with Crippen molar-refractivity contribution in [2.24, 2.45) is 5.73 Å². The predicted octanol–water partition coefficient (Wildman–Crippen LogP) is 1.81. The van der Waals surface area contributed by atoms with Crippen LogP contribution in [0.3, 0.4) is 0 Å². The quantitative estimate of drug-likeness (QED) is 0.836. The van der Waals surface area contributed by atoms with Gasteiger partial charge < -0.3 is 15.6 Å². The molecule has 98 valence electrons. The summed E-state index contributed by atoms with van der Waals surface area (Å²) >= 11 is 1.86. The van der Waals surface area contributed by atoms with Crippen molar-refractivity contribution in [2.75, 3.05) is 6.54 Å². The molecule has 2 aromatic heterocycles. The normalized spacial score (nSPS) is 11.1. The van der Waals surface area contributed by atoms with Crippen LogP contribution in [0.25, 0.3) is 0 Å². The maximum Gasteiger partial charge on any atom is 0.0950 e. The largest absolute Gasteiger partial charge is 0.336 e. The summed E-state index contributed by atoms with van der Waals surface area (Å²) in [6.45, 7) is 7.51. The number of nitrogens with one attached hydrogen (secondary N) is 1. The maximum absolute atomic E-state index is 5.50. The molecule has 18 heavy (non-hydrogen) atoms. The molecule has 2 aromatic rings. The van der Waals surface area contributed by atoms with E-state index in [9.17, 15) is 0 Å². The van der Waals surface area contributed by atoms with E-state index in [1.54, 1.807) is 0 Å². The Morgan fingerprint density at radius 3 is 2.89 bits per heavy atom. The number of imidazole rings is 1. The van der Waals surface area contributed by atoms with Crippen molar-refractivity contribution in [3.05, 3.63) is 39.6 Å². The van der Waals surface area contributed by atoms with Crippen molar-refractivity contribution < 1.29 is 0 Å². The summed E-state index contributed by atoms with van der Waals surface area (Å²) in [5, 5.41) is 3.42. The van der Waals surface area contributed by atoms with Gasteiger partial charge in [-0.15, -0.1) is 11.3 Å². The number of nitrogens with zero attached hydrogens (tertiary/aromatic N) is 2. The topological polar surface area (TPSA) is 55.9 Å². The molecule has 3 N–H and O–H groups in total. The first-order valence-electron chi connectivity index (χ1n) is 6.16. The lowest BCUT2D eigenvalue weighted by molar-refractivity contribution is 0.683. The van der Waals surface area contributed by atoms with Gasteiger partial charge in [0.05, 0.1) is 12.0 Å². The van der Waals surface area contributed by atoms with Crippen LogP contribution in [-0.4, -0.2) is 16.1 Å². The second kappa shape index (κ2) is 6.13. The molecule has 0 unspecified atom stereocenters. The highest BCUT2D eigenvalue weighted by Gasteiger charge is 2.02. The van der Waals surface area contributed by atoms with E-state index in [-0.39, 0.29) is 0 Å². The Hall–Kier alpha value is -1.17. The molecule has 0 aromatic carbocycles. The Morgan fingerprint density at radius 1 is 1.39 bits per heavy atom. The lowest BCUT2D eigenvalue weighted by atomic mass is 10.3. The van der Waals surface area contributed by atoms with Crippen molar-refractivity contribution >= 4 is 11.3 Å². The highest BCUT2D eigenvalue weighted by molar-refractivity contribution is 7.12. The smallest absolute Gasteiger partial charge is 0.0950 e. The van der Waals surface area contributed by atoms with E-state index in [0.717, 1.165) is 25.3 Å². The zero-order valence-corrected chi connectivity index (χ0v) is 11.8. The number of aryl methyl sites for hydroxylation is 2. The van der Waals surface area contributed by atoms with Crippen molar-refractivity contribution in [1.29, 1.82) is 0 Å². The van der Waals surface area contributed by atoms with E-state index >= 15 is 0 Å². The van der Waals surface area contributed by atoms with Gasteiger partial charge in [-0.3, -0.25) is 0 Å². The minimum Gasteiger partial charge on any atom is -0.336 e. The van der Waals surface area contributed by atoms with E-state index in [2.05, 4.69) is 30.2 Å². The number of aromatic nitrogens is 2. The van der Waals surface area contributed by atoms with Crippen LogP contribution in [0, 0.1) is 13.8 Å². The van der Waals surface area contributed by atoms with Crippen LogP contribution in [0.1, 0.15) is 21.0 Å². The fraction of sp³-hybridized carbons (Fsp3) is 0.462. The van der Waals surface area contributed by atoms with E-state index in [1.807, 2.05) is 28.4 Å². The van der Waals surface area contributed by atoms with E-state index in [1.165, 1.54) is 15.3 Å². The van der Waals surface area contributed by atoms with Gasteiger partial charge >= 0.3 is 0 Å². The minimum absolute atomic E-state index is 0.650. The third kappa shape index (κ3) is 3.41. The molecule has 0 saturated carbocycles. The fourth-order valence-electron chi connectivity index (χ4n) is 1.82. The monoisotopic (exact) mass is 264 g/mol. The Bertz CT molecular complexity index is 481. The van der Waals surface area contributed by atoms with Gasteiger partial charge in [0, 0.05) is 42.1 Å². The number of hydrogen-bond acceptors (Lipinski definition) is 4. The standard InChI is InChI=1S/C13H20N4S/c1-10-5-13(18-11(10)2)7-15-6-12-8-17(4-3-14)9-16-12/h5,8-9,15H,3-4,6-7,14H2,1-2H3. The summed E-state index contributed by atoms with van der Waals surface area (Å²) in [6.07, 6.45) is 3.88. The van der Waals surface area contributed by atoms with Gasteiger partial charge in [0.2, 0.25) is 0 Å². The second-order valence-corrected chi connectivity index (χ2v) is 5.79. The molecule has 0 aliphatic heterocycles. The molecule has 0 fully saturated rings. The molecule has 4 nitrogen and oxygen atoms in total. The average Bonchev–Trinajstić information content (AvgIpc) is 2.88. The Morgan fingerprint density at radius 2 is 2.22 bits per heavy atom. The fourth-order valence-corrected chi connectivity index (χ4v) is 2.84. The molecule has 0 aliphatic carbocycles. The Kier molecular flexibility index (Phi) is 4.52. The molecule has 0 atom stereocenters. The van der Waals surface area contributed by atoms with Crippen LogP contribution in [0.4, 0.5) is 0 Å². The Balaban J connectivity index is 1.80. The first-order chi connectivity index (χ1) is 8.69. The van der Waals surface area contributed by atoms with Crippen LogP contribution in [-0.2, 0) is 19.6 Å². The van der Waals surface area contributed by atoms with Crippen LogP contribution >= 0.6 is 11.3 Å². The number of hydrogen-bond donors (Lipinski definition) is 2. The van der Waals surface area contributed by atoms with Crippen LogP contribution in [0.15, 0.2) is 18.6 Å². The molecule has 0 aliphatic rings. The highest BCUT2D eigenvalue weighted by atomic mass is 32.1. The van der Waals surface area contributed by atoms with Crippen molar-refractivity contribution in [1.82, 2.24) is 14.9 Å². The summed E-state index contributed by atoms with van der Waals surface area (Å²) in [5.74, 6) is 0. The molecule has 0 saturated heterocycles. The van der Waals surface area contributed by atoms with Gasteiger partial charge in [-0.1, -0.05) is 0 Å². The maximum atomic E-state index is 5.50. The summed E-state index contributed by atoms with van der Waals surface area (Å²) in [5.41, 5.74) is 7.94. The molecule has 0 amide bonds. The SMILES string of the molecule is Cc1cc(CNCc2cn(CCN)cn2)sc1C. The third-order valence-electron chi connectivity index (χ3n) is 2.90. The first kappa shape index (κ1) is 13.3. The zero-order chi connectivity index (χ0) is 13.0. The van der Waals surface area contributed by atoms with Crippen LogP contribution in [0.5, 0.6) is 0 Å². The highest BCUT2D eigenvalue weighted by Crippen LogP contribution is 2.20.